The first-order valence-corrected chi connectivity index (χ1v) is 15.6. The fraction of sp³-hybridized carbons (Fsp3) is 0.351. The van der Waals surface area contributed by atoms with E-state index in [2.05, 4.69) is 95.8 Å². The molecule has 0 aliphatic carbocycles. The molecule has 1 aliphatic rings. The Kier molecular flexibility index (Phi) is 12.2. The average Bonchev–Trinajstić information content (AvgIpc) is 3.05. The number of benzene rings is 4. The van der Waals surface area contributed by atoms with Crippen molar-refractivity contribution in [3.63, 3.8) is 0 Å². The molecular formula is C37H46ClN5O2. The normalized spacial score (nSPS) is 14.0. The Bertz CT molecular complexity index is 1570. The lowest BCUT2D eigenvalue weighted by atomic mass is 9.96. The summed E-state index contributed by atoms with van der Waals surface area (Å²) >= 11 is 0. The van der Waals surface area contributed by atoms with Crippen molar-refractivity contribution in [2.75, 3.05) is 46.2 Å². The van der Waals surface area contributed by atoms with Gasteiger partial charge < -0.3 is 24.8 Å². The maximum absolute atomic E-state index is 13.6. The number of anilines is 1. The fourth-order valence-electron chi connectivity index (χ4n) is 5.83. The van der Waals surface area contributed by atoms with E-state index in [9.17, 15) is 4.79 Å². The number of ether oxygens (including phenoxy) is 1. The number of halogens is 1. The number of amides is 1. The van der Waals surface area contributed by atoms with E-state index in [0.29, 0.717) is 13.0 Å². The minimum absolute atomic E-state index is 0. The summed E-state index contributed by atoms with van der Waals surface area (Å²) < 4.78 is 5.28. The first kappa shape index (κ1) is 33.8. The van der Waals surface area contributed by atoms with E-state index in [-0.39, 0.29) is 24.4 Å². The predicted octanol–water partition coefficient (Wildman–Crippen LogP) is 7.58. The second kappa shape index (κ2) is 16.3. The van der Waals surface area contributed by atoms with Crippen LogP contribution in [0.3, 0.4) is 0 Å². The molecule has 45 heavy (non-hydrogen) atoms. The highest BCUT2D eigenvalue weighted by atomic mass is 35.5. The van der Waals surface area contributed by atoms with Crippen LogP contribution in [0.1, 0.15) is 49.3 Å². The molecule has 4 aromatic carbocycles. The van der Waals surface area contributed by atoms with Crippen molar-refractivity contribution in [3.8, 4) is 5.75 Å². The number of carbonyl (C=O) groups excluding carboxylic acids is 1. The van der Waals surface area contributed by atoms with E-state index in [0.717, 1.165) is 59.1 Å². The molecular weight excluding hydrogens is 582 g/mol. The highest BCUT2D eigenvalue weighted by molar-refractivity contribution is 6.02. The second-order valence-electron chi connectivity index (χ2n) is 11.9. The Morgan fingerprint density at radius 1 is 0.844 bits per heavy atom. The van der Waals surface area contributed by atoms with Crippen LogP contribution in [0.15, 0.2) is 96.0 Å². The summed E-state index contributed by atoms with van der Waals surface area (Å²) in [5.41, 5.74) is 4.04. The molecule has 4 aromatic rings. The molecule has 5 rings (SSSR count). The molecule has 7 nitrogen and oxygen atoms in total. The monoisotopic (exact) mass is 627 g/mol. The minimum Gasteiger partial charge on any atom is -0.497 e. The highest BCUT2D eigenvalue weighted by Gasteiger charge is 2.34. The average molecular weight is 628 g/mol. The van der Waals surface area contributed by atoms with Gasteiger partial charge in [-0.1, -0.05) is 73.5 Å². The number of fused-ring (bicyclic) bond motifs is 2. The van der Waals surface area contributed by atoms with Gasteiger partial charge in [-0.25, -0.2) is 4.99 Å². The minimum atomic E-state index is -0.210. The number of rotatable bonds is 13. The van der Waals surface area contributed by atoms with Gasteiger partial charge in [-0.05, 0) is 80.1 Å². The zero-order valence-corrected chi connectivity index (χ0v) is 27.7. The van der Waals surface area contributed by atoms with Crippen LogP contribution in [0.25, 0.3) is 10.8 Å². The van der Waals surface area contributed by atoms with E-state index in [4.69, 9.17) is 9.73 Å². The first-order chi connectivity index (χ1) is 21.4. The third-order valence-electron chi connectivity index (χ3n) is 8.27. The fourth-order valence-corrected chi connectivity index (χ4v) is 5.83. The summed E-state index contributed by atoms with van der Waals surface area (Å²) in [5.74, 6) is 1.67. The van der Waals surface area contributed by atoms with Crippen LogP contribution in [0.4, 0.5) is 11.4 Å². The number of methoxy groups -OCH3 is 1. The number of hydrogen-bond donors (Lipinski definition) is 1. The molecule has 0 saturated heterocycles. The van der Waals surface area contributed by atoms with Crippen LogP contribution >= 0.6 is 12.4 Å². The molecule has 1 heterocycles. The standard InChI is InChI=1S/C37H45N5O2.ClH/c1-40(2)23-11-5-6-12-24-41(3)37-39-34-16-10-9-15-33(34)35(26-36(43)38-27-28-17-21-32(44-4)22-18-28)42(37)31-20-19-29-13-7-8-14-30(29)25-31;/h7-10,13-22,25,35H,5-6,11-12,23-24,26-27H2,1-4H3,(H,38,43);1H. The molecule has 1 atom stereocenters. The Morgan fingerprint density at radius 2 is 1.53 bits per heavy atom. The number of nitrogens with one attached hydrogen (secondary N) is 1. The number of para-hydroxylation sites is 1. The van der Waals surface area contributed by atoms with Gasteiger partial charge in [0.15, 0.2) is 0 Å². The highest BCUT2D eigenvalue weighted by Crippen LogP contribution is 2.41. The molecule has 0 aromatic heterocycles. The zero-order valence-electron chi connectivity index (χ0n) is 26.9. The summed E-state index contributed by atoms with van der Waals surface area (Å²) in [7, 11) is 8.04. The lowest BCUT2D eigenvalue weighted by Crippen LogP contribution is -2.47. The van der Waals surface area contributed by atoms with Crippen molar-refractivity contribution in [1.29, 1.82) is 0 Å². The number of nitrogens with zero attached hydrogens (tertiary/aromatic N) is 4. The summed E-state index contributed by atoms with van der Waals surface area (Å²) in [6.07, 6.45) is 4.99. The van der Waals surface area contributed by atoms with Crippen LogP contribution < -0.4 is 15.0 Å². The van der Waals surface area contributed by atoms with Crippen molar-refractivity contribution in [3.05, 3.63) is 102 Å². The van der Waals surface area contributed by atoms with Crippen LogP contribution in [-0.2, 0) is 11.3 Å². The maximum Gasteiger partial charge on any atom is 0.222 e. The quantitative estimate of drug-likeness (QED) is 0.155. The van der Waals surface area contributed by atoms with Gasteiger partial charge in [0.05, 0.1) is 25.3 Å². The molecule has 0 saturated carbocycles. The first-order valence-electron chi connectivity index (χ1n) is 15.6. The third kappa shape index (κ3) is 8.77. The van der Waals surface area contributed by atoms with Crippen molar-refractivity contribution in [2.45, 2.75) is 44.7 Å². The summed E-state index contributed by atoms with van der Waals surface area (Å²) in [6, 6.07) is 30.8. The zero-order chi connectivity index (χ0) is 30.9. The lowest BCUT2D eigenvalue weighted by Gasteiger charge is -2.41. The predicted molar refractivity (Wildman–Crippen MR) is 189 cm³/mol. The van der Waals surface area contributed by atoms with Gasteiger partial charge in [0.2, 0.25) is 11.9 Å². The molecule has 8 heteroatoms. The molecule has 0 fully saturated rings. The van der Waals surface area contributed by atoms with E-state index < -0.39 is 0 Å². The molecule has 1 N–H and O–H groups in total. The van der Waals surface area contributed by atoms with Gasteiger partial charge in [0.1, 0.15) is 5.75 Å². The smallest absolute Gasteiger partial charge is 0.222 e. The van der Waals surface area contributed by atoms with Crippen LogP contribution in [0.5, 0.6) is 5.75 Å². The molecule has 0 radical (unpaired) electrons. The largest absolute Gasteiger partial charge is 0.497 e. The number of guanidine groups is 1. The van der Waals surface area contributed by atoms with Gasteiger partial charge in [-0.3, -0.25) is 4.79 Å². The van der Waals surface area contributed by atoms with Crippen LogP contribution in [-0.4, -0.2) is 63.0 Å². The van der Waals surface area contributed by atoms with Crippen molar-refractivity contribution in [2.24, 2.45) is 4.99 Å². The van der Waals surface area contributed by atoms with Gasteiger partial charge in [0, 0.05) is 31.4 Å². The second-order valence-corrected chi connectivity index (χ2v) is 11.9. The van der Waals surface area contributed by atoms with Gasteiger partial charge in [-0.15, -0.1) is 12.4 Å². The van der Waals surface area contributed by atoms with E-state index in [1.807, 2.05) is 36.4 Å². The van der Waals surface area contributed by atoms with Gasteiger partial charge >= 0.3 is 0 Å². The Labute approximate surface area is 274 Å². The number of hydrogen-bond acceptors (Lipinski definition) is 6. The molecule has 1 amide bonds. The van der Waals surface area contributed by atoms with Crippen LogP contribution in [0, 0.1) is 0 Å². The van der Waals surface area contributed by atoms with Crippen molar-refractivity contribution < 1.29 is 9.53 Å². The SMILES string of the molecule is COc1ccc(CNC(=O)CC2c3ccccc3N=C(N(C)CCCCCCN(C)C)N2c2ccc3ccccc3c2)cc1.Cl. The Hall–Kier alpha value is -4.07. The third-order valence-corrected chi connectivity index (χ3v) is 8.27. The van der Waals surface area contributed by atoms with Crippen molar-refractivity contribution >= 4 is 46.4 Å². The Morgan fingerprint density at radius 3 is 2.27 bits per heavy atom. The molecule has 0 bridgehead atoms. The van der Waals surface area contributed by atoms with Crippen molar-refractivity contribution in [1.82, 2.24) is 15.1 Å². The lowest BCUT2D eigenvalue weighted by molar-refractivity contribution is -0.121. The number of unbranched alkanes of at least 4 members (excludes halogenated alkanes) is 3. The summed E-state index contributed by atoms with van der Waals surface area (Å²) in [6.45, 7) is 2.47. The molecule has 1 aliphatic heterocycles. The van der Waals surface area contributed by atoms with E-state index >= 15 is 0 Å². The Balaban J connectivity index is 0.00000461. The topological polar surface area (TPSA) is 60.4 Å². The van der Waals surface area contributed by atoms with Gasteiger partial charge in [-0.2, -0.15) is 0 Å². The van der Waals surface area contributed by atoms with Crippen LogP contribution in [0.2, 0.25) is 0 Å². The van der Waals surface area contributed by atoms with E-state index in [1.54, 1.807) is 7.11 Å². The molecule has 1 unspecified atom stereocenters. The molecule has 238 valence electrons. The maximum atomic E-state index is 13.6. The number of aliphatic imine (C=N–C) groups is 1. The van der Waals surface area contributed by atoms with Gasteiger partial charge in [0.25, 0.3) is 0 Å². The summed E-state index contributed by atoms with van der Waals surface area (Å²) in [5, 5.41) is 5.51. The summed E-state index contributed by atoms with van der Waals surface area (Å²) in [4.78, 5) is 25.6. The van der Waals surface area contributed by atoms with E-state index in [1.165, 1.54) is 24.6 Å². The molecule has 0 spiro atoms. The number of carbonyl (C=O) groups is 1.